The fourth-order valence-corrected chi connectivity index (χ4v) is 4.39. The number of nitrogens with zero attached hydrogens (tertiary/aromatic N) is 1. The van der Waals surface area contributed by atoms with E-state index in [2.05, 4.69) is 10.6 Å². The highest BCUT2D eigenvalue weighted by Gasteiger charge is 2.51. The lowest BCUT2D eigenvalue weighted by Crippen LogP contribution is -2.44. The predicted molar refractivity (Wildman–Crippen MR) is 112 cm³/mol. The summed E-state index contributed by atoms with van der Waals surface area (Å²) in [7, 11) is 0. The number of ether oxygens (including phenoxy) is 1. The topological polar surface area (TPSA) is 105 Å². The van der Waals surface area contributed by atoms with Gasteiger partial charge in [-0.15, -0.1) is 11.3 Å². The zero-order valence-electron chi connectivity index (χ0n) is 17.3. The molecule has 3 rings (SSSR count). The lowest BCUT2D eigenvalue weighted by atomic mass is 9.87. The van der Waals surface area contributed by atoms with Crippen LogP contribution in [-0.2, 0) is 19.9 Å². The summed E-state index contributed by atoms with van der Waals surface area (Å²) in [6.45, 7) is 4.87. The first-order chi connectivity index (χ1) is 14.7. The van der Waals surface area contributed by atoms with Crippen LogP contribution in [0.3, 0.4) is 0 Å². The van der Waals surface area contributed by atoms with Gasteiger partial charge in [0.25, 0.3) is 5.91 Å². The van der Waals surface area contributed by atoms with Gasteiger partial charge in [-0.25, -0.2) is 14.0 Å². The Balaban J connectivity index is 1.74. The van der Waals surface area contributed by atoms with Gasteiger partial charge in [-0.05, 0) is 49.6 Å². The molecule has 0 radical (unpaired) electrons. The number of carbonyl (C=O) groups excluding carboxylic acids is 4. The van der Waals surface area contributed by atoms with Crippen molar-refractivity contribution < 1.29 is 28.3 Å². The number of hydrogen-bond acceptors (Lipinski definition) is 6. The summed E-state index contributed by atoms with van der Waals surface area (Å²) in [4.78, 5) is 51.2. The van der Waals surface area contributed by atoms with E-state index in [4.69, 9.17) is 4.74 Å². The summed E-state index contributed by atoms with van der Waals surface area (Å²) in [6, 6.07) is 6.21. The molecule has 31 heavy (non-hydrogen) atoms. The average Bonchev–Trinajstić information content (AvgIpc) is 3.21. The minimum atomic E-state index is -1.36. The second kappa shape index (κ2) is 8.84. The summed E-state index contributed by atoms with van der Waals surface area (Å²) in [6.07, 6.45) is 0.231. The van der Waals surface area contributed by atoms with Crippen LogP contribution in [0.1, 0.15) is 41.1 Å². The van der Waals surface area contributed by atoms with Gasteiger partial charge >= 0.3 is 12.0 Å². The van der Waals surface area contributed by atoms with Gasteiger partial charge in [0.2, 0.25) is 5.91 Å². The van der Waals surface area contributed by atoms with Gasteiger partial charge in [-0.2, -0.15) is 0 Å². The van der Waals surface area contributed by atoms with Crippen LogP contribution in [0, 0.1) is 12.7 Å². The number of hydrogen-bond donors (Lipinski definition) is 2. The van der Waals surface area contributed by atoms with Crippen molar-refractivity contribution in [3.63, 3.8) is 0 Å². The molecule has 1 aromatic carbocycles. The third-order valence-electron chi connectivity index (χ3n) is 4.99. The van der Waals surface area contributed by atoms with Crippen LogP contribution in [0.25, 0.3) is 0 Å². The highest BCUT2D eigenvalue weighted by atomic mass is 32.1. The molecule has 1 aromatic heterocycles. The maximum Gasteiger partial charge on any atom is 0.348 e. The molecule has 0 bridgehead atoms. The highest BCUT2D eigenvalue weighted by molar-refractivity contribution is 7.18. The third-order valence-corrected chi connectivity index (χ3v) is 6.12. The molecule has 0 saturated carbocycles. The number of aryl methyl sites for hydroxylation is 1. The Kier molecular flexibility index (Phi) is 6.40. The number of amides is 4. The quantitative estimate of drug-likeness (QED) is 0.501. The molecule has 1 aliphatic rings. The first-order valence-corrected chi connectivity index (χ1v) is 10.5. The molecule has 2 heterocycles. The van der Waals surface area contributed by atoms with Crippen molar-refractivity contribution in [2.75, 3.05) is 18.5 Å². The van der Waals surface area contributed by atoms with Crippen LogP contribution in [0.15, 0.2) is 30.3 Å². The van der Waals surface area contributed by atoms with Gasteiger partial charge in [0, 0.05) is 0 Å². The maximum atomic E-state index is 13.3. The van der Waals surface area contributed by atoms with Gasteiger partial charge in [0.15, 0.2) is 0 Å². The second-order valence-electron chi connectivity index (χ2n) is 6.98. The molecule has 1 saturated heterocycles. The minimum Gasteiger partial charge on any atom is -0.462 e. The Morgan fingerprint density at radius 3 is 2.52 bits per heavy atom. The van der Waals surface area contributed by atoms with E-state index >= 15 is 0 Å². The number of esters is 1. The predicted octanol–water partition coefficient (Wildman–Crippen LogP) is 3.17. The van der Waals surface area contributed by atoms with E-state index in [1.807, 2.05) is 0 Å². The normalized spacial score (nSPS) is 18.1. The standard InChI is InChI=1S/C21H22FN3O5S/c1-4-21(13-6-8-14(22)9-7-13)19(28)25(20(29)24-21)11-15(26)23-16-10-12(3)17(31-16)18(27)30-5-2/h6-10H,4-5,11H2,1-3H3,(H,23,26)(H,24,29). The van der Waals surface area contributed by atoms with E-state index in [9.17, 15) is 23.6 Å². The van der Waals surface area contributed by atoms with E-state index in [0.717, 1.165) is 16.2 Å². The number of thiophene rings is 1. The van der Waals surface area contributed by atoms with Crippen LogP contribution >= 0.6 is 11.3 Å². The van der Waals surface area contributed by atoms with Crippen LogP contribution in [0.5, 0.6) is 0 Å². The van der Waals surface area contributed by atoms with Crippen molar-refractivity contribution in [3.8, 4) is 0 Å². The molecular weight excluding hydrogens is 425 g/mol. The Hall–Kier alpha value is -3.27. The van der Waals surface area contributed by atoms with Crippen molar-refractivity contribution in [2.24, 2.45) is 0 Å². The Morgan fingerprint density at radius 2 is 1.90 bits per heavy atom. The van der Waals surface area contributed by atoms with Crippen molar-refractivity contribution >= 4 is 40.2 Å². The molecule has 1 fully saturated rings. The van der Waals surface area contributed by atoms with E-state index in [1.54, 1.807) is 26.8 Å². The minimum absolute atomic E-state index is 0.231. The molecule has 164 valence electrons. The summed E-state index contributed by atoms with van der Waals surface area (Å²) in [5.74, 6) is -2.12. The molecular formula is C21H22FN3O5S. The van der Waals surface area contributed by atoms with Crippen molar-refractivity contribution in [3.05, 3.63) is 52.2 Å². The number of carbonyl (C=O) groups is 4. The number of nitrogens with one attached hydrogen (secondary N) is 2. The Labute approximate surface area is 182 Å². The second-order valence-corrected chi connectivity index (χ2v) is 8.03. The number of anilines is 1. The van der Waals surface area contributed by atoms with Crippen LogP contribution < -0.4 is 10.6 Å². The lowest BCUT2D eigenvalue weighted by Gasteiger charge is -2.25. The molecule has 4 amide bonds. The molecule has 2 aromatic rings. The fraction of sp³-hybridized carbons (Fsp3) is 0.333. The summed E-state index contributed by atoms with van der Waals surface area (Å²) < 4.78 is 18.3. The van der Waals surface area contributed by atoms with E-state index < -0.39 is 41.7 Å². The van der Waals surface area contributed by atoms with Crippen molar-refractivity contribution in [1.82, 2.24) is 10.2 Å². The van der Waals surface area contributed by atoms with Gasteiger partial charge in [-0.1, -0.05) is 19.1 Å². The Morgan fingerprint density at radius 1 is 1.23 bits per heavy atom. The molecule has 1 atom stereocenters. The molecule has 0 spiro atoms. The third kappa shape index (κ3) is 4.29. The largest absolute Gasteiger partial charge is 0.462 e. The average molecular weight is 447 g/mol. The smallest absolute Gasteiger partial charge is 0.348 e. The number of rotatable bonds is 7. The van der Waals surface area contributed by atoms with Crippen LogP contribution in [0.4, 0.5) is 14.2 Å². The van der Waals surface area contributed by atoms with E-state index in [1.165, 1.54) is 24.3 Å². The van der Waals surface area contributed by atoms with Gasteiger partial charge in [-0.3, -0.25) is 14.5 Å². The van der Waals surface area contributed by atoms with Crippen molar-refractivity contribution in [1.29, 1.82) is 0 Å². The number of halogens is 1. The summed E-state index contributed by atoms with van der Waals surface area (Å²) in [5, 5.41) is 5.65. The summed E-state index contributed by atoms with van der Waals surface area (Å²) in [5.41, 5.74) is -0.276. The van der Waals surface area contributed by atoms with Gasteiger partial charge in [0.05, 0.1) is 11.6 Å². The first-order valence-electron chi connectivity index (χ1n) is 9.69. The zero-order valence-corrected chi connectivity index (χ0v) is 18.1. The Bertz CT molecular complexity index is 1040. The van der Waals surface area contributed by atoms with Crippen LogP contribution in [0.2, 0.25) is 0 Å². The molecule has 8 nitrogen and oxygen atoms in total. The van der Waals surface area contributed by atoms with Gasteiger partial charge in [0.1, 0.15) is 22.8 Å². The van der Waals surface area contributed by atoms with Crippen LogP contribution in [-0.4, -0.2) is 41.9 Å². The van der Waals surface area contributed by atoms with E-state index in [-0.39, 0.29) is 13.0 Å². The number of benzene rings is 1. The SMILES string of the molecule is CCOC(=O)c1sc(NC(=O)CN2C(=O)NC(CC)(c3ccc(F)cc3)C2=O)cc1C. The summed E-state index contributed by atoms with van der Waals surface area (Å²) >= 11 is 1.05. The fourth-order valence-electron chi connectivity index (χ4n) is 3.41. The molecule has 1 aliphatic heterocycles. The monoisotopic (exact) mass is 447 g/mol. The molecule has 2 N–H and O–H groups in total. The number of urea groups is 1. The zero-order chi connectivity index (χ0) is 22.8. The van der Waals surface area contributed by atoms with E-state index in [0.29, 0.717) is 21.0 Å². The molecule has 1 unspecified atom stereocenters. The molecule has 0 aliphatic carbocycles. The lowest BCUT2D eigenvalue weighted by molar-refractivity contribution is -0.134. The highest BCUT2D eigenvalue weighted by Crippen LogP contribution is 2.33. The number of imide groups is 1. The molecule has 10 heteroatoms. The van der Waals surface area contributed by atoms with Gasteiger partial charge < -0.3 is 15.4 Å². The first kappa shape index (κ1) is 22.4. The van der Waals surface area contributed by atoms with Crippen molar-refractivity contribution in [2.45, 2.75) is 32.7 Å². The maximum absolute atomic E-state index is 13.3.